The van der Waals surface area contributed by atoms with Crippen LogP contribution in [-0.2, 0) is 9.47 Å². The maximum atomic E-state index is 5.21. The quantitative estimate of drug-likeness (QED) is 0.394. The third-order valence-electron chi connectivity index (χ3n) is 1.87. The summed E-state index contributed by atoms with van der Waals surface area (Å²) in [6, 6.07) is 0. The molecule has 0 aliphatic heterocycles. The van der Waals surface area contributed by atoms with Crippen LogP contribution in [0.5, 0.6) is 0 Å². The maximum Gasteiger partial charge on any atom is 0.0873 e. The number of rotatable bonds is 10. The Bertz CT molecular complexity index is 141. The van der Waals surface area contributed by atoms with Crippen LogP contribution in [0.2, 0.25) is 0 Å². The van der Waals surface area contributed by atoms with Gasteiger partial charge in [-0.05, 0) is 19.8 Å². The molecule has 0 fully saturated rings. The van der Waals surface area contributed by atoms with Crippen LogP contribution in [-0.4, -0.2) is 13.2 Å². The van der Waals surface area contributed by atoms with E-state index in [1.54, 1.807) is 6.26 Å². The summed E-state index contributed by atoms with van der Waals surface area (Å²) in [5.41, 5.74) is 0. The first-order chi connectivity index (χ1) is 6.91. The summed E-state index contributed by atoms with van der Waals surface area (Å²) in [7, 11) is 0. The van der Waals surface area contributed by atoms with E-state index in [0.29, 0.717) is 0 Å². The fraction of sp³-hybridized carbons (Fsp3) is 0.667. The van der Waals surface area contributed by atoms with Gasteiger partial charge in [-0.3, -0.25) is 0 Å². The molecular formula is C12H22O2. The van der Waals surface area contributed by atoms with Crippen LogP contribution in [0.4, 0.5) is 0 Å². The van der Waals surface area contributed by atoms with E-state index in [4.69, 9.17) is 9.47 Å². The van der Waals surface area contributed by atoms with Gasteiger partial charge in [0.1, 0.15) is 0 Å². The molecule has 0 spiro atoms. The van der Waals surface area contributed by atoms with E-state index in [-0.39, 0.29) is 0 Å². The molecule has 2 heteroatoms. The molecule has 0 aromatic heterocycles. The fourth-order valence-corrected chi connectivity index (χ4v) is 1.15. The zero-order valence-electron chi connectivity index (χ0n) is 9.21. The van der Waals surface area contributed by atoms with Crippen molar-refractivity contribution in [2.75, 3.05) is 13.2 Å². The Morgan fingerprint density at radius 2 is 1.50 bits per heavy atom. The summed E-state index contributed by atoms with van der Waals surface area (Å²) in [4.78, 5) is 0. The summed E-state index contributed by atoms with van der Waals surface area (Å²) < 4.78 is 10.2. The second-order valence-corrected chi connectivity index (χ2v) is 3.15. The van der Waals surface area contributed by atoms with Crippen LogP contribution in [0.1, 0.15) is 39.0 Å². The minimum atomic E-state index is 0.804. The Morgan fingerprint density at radius 3 is 2.07 bits per heavy atom. The third kappa shape index (κ3) is 11.1. The fourth-order valence-electron chi connectivity index (χ4n) is 1.15. The molecule has 0 atom stereocenters. The number of hydrogen-bond acceptors (Lipinski definition) is 2. The molecule has 0 amide bonds. The van der Waals surface area contributed by atoms with Crippen molar-refractivity contribution in [3.05, 3.63) is 25.2 Å². The van der Waals surface area contributed by atoms with Crippen molar-refractivity contribution in [1.29, 1.82) is 0 Å². The molecule has 0 unspecified atom stereocenters. The Hall–Kier alpha value is -0.920. The van der Waals surface area contributed by atoms with Gasteiger partial charge in [0.2, 0.25) is 0 Å². The van der Waals surface area contributed by atoms with Gasteiger partial charge < -0.3 is 9.47 Å². The molecule has 0 saturated carbocycles. The second-order valence-electron chi connectivity index (χ2n) is 3.15. The first kappa shape index (κ1) is 13.1. The van der Waals surface area contributed by atoms with Crippen molar-refractivity contribution in [1.82, 2.24) is 0 Å². The highest BCUT2D eigenvalue weighted by atomic mass is 16.5. The summed E-state index contributed by atoms with van der Waals surface area (Å²) in [6.45, 7) is 7.09. The molecule has 0 heterocycles. The van der Waals surface area contributed by atoms with Crippen LogP contribution in [0, 0.1) is 0 Å². The van der Waals surface area contributed by atoms with Crippen molar-refractivity contribution in [3.8, 4) is 0 Å². The minimum absolute atomic E-state index is 0.804. The Morgan fingerprint density at radius 1 is 0.929 bits per heavy atom. The van der Waals surface area contributed by atoms with Gasteiger partial charge in [-0.15, -0.1) is 0 Å². The Balaban J connectivity index is 2.88. The Kier molecular flexibility index (Phi) is 11.3. The highest BCUT2D eigenvalue weighted by Crippen LogP contribution is 2.03. The van der Waals surface area contributed by atoms with Gasteiger partial charge in [0.25, 0.3) is 0 Å². The normalized spacial score (nSPS) is 10.4. The molecule has 2 nitrogen and oxygen atoms in total. The van der Waals surface area contributed by atoms with Gasteiger partial charge in [0.05, 0.1) is 25.7 Å². The first-order valence-electron chi connectivity index (χ1n) is 5.37. The molecule has 0 N–H and O–H groups in total. The van der Waals surface area contributed by atoms with E-state index in [0.717, 1.165) is 26.1 Å². The molecule has 0 aromatic rings. The number of allylic oxidation sites excluding steroid dienone is 1. The standard InChI is InChI=1S/C12H22O2/c1-3-10-14-12-9-7-5-6-8-11-13-4-2/h3-4,10H,2,5-9,11-12H2,1H3. The van der Waals surface area contributed by atoms with Gasteiger partial charge in [-0.25, -0.2) is 0 Å². The summed E-state index contributed by atoms with van der Waals surface area (Å²) in [6.07, 6.45) is 11.2. The van der Waals surface area contributed by atoms with Crippen LogP contribution >= 0.6 is 0 Å². The third-order valence-corrected chi connectivity index (χ3v) is 1.87. The van der Waals surface area contributed by atoms with Crippen LogP contribution < -0.4 is 0 Å². The van der Waals surface area contributed by atoms with E-state index in [2.05, 4.69) is 6.58 Å². The highest BCUT2D eigenvalue weighted by molar-refractivity contribution is 4.64. The van der Waals surface area contributed by atoms with Crippen LogP contribution in [0.3, 0.4) is 0 Å². The average Bonchev–Trinajstić information content (AvgIpc) is 2.21. The van der Waals surface area contributed by atoms with Gasteiger partial charge in [0.15, 0.2) is 0 Å². The topological polar surface area (TPSA) is 18.5 Å². The van der Waals surface area contributed by atoms with E-state index in [1.165, 1.54) is 25.5 Å². The predicted molar refractivity (Wildman–Crippen MR) is 60.0 cm³/mol. The van der Waals surface area contributed by atoms with E-state index >= 15 is 0 Å². The number of ether oxygens (including phenoxy) is 2. The zero-order chi connectivity index (χ0) is 10.5. The molecule has 0 rings (SSSR count). The van der Waals surface area contributed by atoms with E-state index < -0.39 is 0 Å². The van der Waals surface area contributed by atoms with E-state index in [9.17, 15) is 0 Å². The lowest BCUT2D eigenvalue weighted by molar-refractivity contribution is 0.232. The van der Waals surface area contributed by atoms with Crippen molar-refractivity contribution >= 4 is 0 Å². The maximum absolute atomic E-state index is 5.21. The lowest BCUT2D eigenvalue weighted by Crippen LogP contribution is -1.90. The molecule has 0 bridgehead atoms. The summed E-state index contributed by atoms with van der Waals surface area (Å²) in [5.74, 6) is 0. The molecule has 0 radical (unpaired) electrons. The Labute approximate surface area is 87.6 Å². The minimum Gasteiger partial charge on any atom is -0.502 e. The molecular weight excluding hydrogens is 176 g/mol. The van der Waals surface area contributed by atoms with Crippen molar-refractivity contribution < 1.29 is 9.47 Å². The SMILES string of the molecule is C=COCCCCCCCOC=CC. The highest BCUT2D eigenvalue weighted by Gasteiger charge is 1.90. The average molecular weight is 198 g/mol. The van der Waals surface area contributed by atoms with E-state index in [1.807, 2.05) is 13.0 Å². The molecule has 82 valence electrons. The van der Waals surface area contributed by atoms with Gasteiger partial charge >= 0.3 is 0 Å². The number of unbranched alkanes of at least 4 members (excludes halogenated alkanes) is 4. The van der Waals surface area contributed by atoms with Crippen molar-refractivity contribution in [3.63, 3.8) is 0 Å². The van der Waals surface area contributed by atoms with Gasteiger partial charge in [-0.1, -0.05) is 31.9 Å². The molecule has 14 heavy (non-hydrogen) atoms. The first-order valence-corrected chi connectivity index (χ1v) is 5.37. The van der Waals surface area contributed by atoms with Crippen molar-refractivity contribution in [2.24, 2.45) is 0 Å². The van der Waals surface area contributed by atoms with Crippen LogP contribution in [0.25, 0.3) is 0 Å². The summed E-state index contributed by atoms with van der Waals surface area (Å²) in [5, 5.41) is 0. The molecule has 0 aliphatic carbocycles. The van der Waals surface area contributed by atoms with Gasteiger partial charge in [0, 0.05) is 0 Å². The lowest BCUT2D eigenvalue weighted by atomic mass is 10.1. The van der Waals surface area contributed by atoms with Crippen molar-refractivity contribution in [2.45, 2.75) is 39.0 Å². The monoisotopic (exact) mass is 198 g/mol. The zero-order valence-corrected chi connectivity index (χ0v) is 9.21. The lowest BCUT2D eigenvalue weighted by Gasteiger charge is -2.02. The molecule has 0 aromatic carbocycles. The second kappa shape index (κ2) is 12.1. The molecule has 0 aliphatic rings. The smallest absolute Gasteiger partial charge is 0.0873 e. The van der Waals surface area contributed by atoms with Crippen LogP contribution in [0.15, 0.2) is 25.2 Å². The summed E-state index contributed by atoms with van der Waals surface area (Å²) >= 11 is 0. The molecule has 0 saturated heterocycles. The largest absolute Gasteiger partial charge is 0.502 e. The number of hydrogen-bond donors (Lipinski definition) is 0. The predicted octanol–water partition coefficient (Wildman–Crippen LogP) is 3.65. The van der Waals surface area contributed by atoms with Gasteiger partial charge in [-0.2, -0.15) is 0 Å².